The van der Waals surface area contributed by atoms with E-state index < -0.39 is 17.5 Å². The zero-order chi connectivity index (χ0) is 22.7. The summed E-state index contributed by atoms with van der Waals surface area (Å²) in [5.74, 6) is -0.582. The lowest BCUT2D eigenvalue weighted by Crippen LogP contribution is -2.45. The van der Waals surface area contributed by atoms with Crippen molar-refractivity contribution in [2.24, 2.45) is 0 Å². The summed E-state index contributed by atoms with van der Waals surface area (Å²) < 4.78 is 0. The first kappa shape index (κ1) is 22.0. The van der Waals surface area contributed by atoms with Crippen LogP contribution in [0.2, 0.25) is 0 Å². The summed E-state index contributed by atoms with van der Waals surface area (Å²) >= 11 is 0. The van der Waals surface area contributed by atoms with E-state index in [-0.39, 0.29) is 12.5 Å². The number of hydrogen-bond acceptors (Lipinski definition) is 4. The molecule has 1 atom stereocenters. The Morgan fingerprint density at radius 3 is 2.44 bits per heavy atom. The molecule has 168 valence electrons. The predicted molar refractivity (Wildman–Crippen MR) is 122 cm³/mol. The van der Waals surface area contributed by atoms with E-state index in [9.17, 15) is 14.4 Å². The molecule has 32 heavy (non-hydrogen) atoms. The normalized spacial score (nSPS) is 22.1. The Labute approximate surface area is 189 Å². The first-order valence-electron chi connectivity index (χ1n) is 11.1. The van der Waals surface area contributed by atoms with E-state index in [1.807, 2.05) is 24.3 Å². The Morgan fingerprint density at radius 1 is 0.969 bits per heavy atom. The Hall–Kier alpha value is -3.19. The molecule has 2 fully saturated rings. The van der Waals surface area contributed by atoms with Crippen LogP contribution >= 0.6 is 0 Å². The number of urea groups is 1. The molecule has 0 aliphatic carbocycles. The average molecular weight is 435 g/mol. The molecule has 7 nitrogen and oxygen atoms in total. The highest BCUT2D eigenvalue weighted by molar-refractivity contribution is 6.09. The van der Waals surface area contributed by atoms with E-state index in [4.69, 9.17) is 0 Å². The number of imide groups is 1. The number of amides is 4. The van der Waals surface area contributed by atoms with Crippen LogP contribution in [0.1, 0.15) is 30.0 Å². The number of benzene rings is 2. The van der Waals surface area contributed by atoms with E-state index in [0.717, 1.165) is 31.0 Å². The van der Waals surface area contributed by atoms with E-state index in [1.54, 1.807) is 24.0 Å². The van der Waals surface area contributed by atoms with Crippen molar-refractivity contribution in [3.05, 3.63) is 71.3 Å². The maximum absolute atomic E-state index is 13.1. The second-order valence-corrected chi connectivity index (χ2v) is 8.75. The number of nitrogens with one attached hydrogen (secondary N) is 1. The highest BCUT2D eigenvalue weighted by Gasteiger charge is 2.49. The molecule has 2 saturated heterocycles. The lowest BCUT2D eigenvalue weighted by Gasteiger charge is -2.25. The second kappa shape index (κ2) is 9.12. The third kappa shape index (κ3) is 4.39. The van der Waals surface area contributed by atoms with Crippen LogP contribution in [0.4, 0.5) is 4.79 Å². The number of hydrogen-bond donors (Lipinski definition) is 1. The summed E-state index contributed by atoms with van der Waals surface area (Å²) in [6.07, 6.45) is 0.861. The number of carbonyl (C=O) groups is 3. The largest absolute Gasteiger partial charge is 0.340 e. The Bertz CT molecular complexity index is 1010. The molecule has 0 radical (unpaired) electrons. The van der Waals surface area contributed by atoms with Gasteiger partial charge in [0.25, 0.3) is 5.91 Å². The van der Waals surface area contributed by atoms with Gasteiger partial charge in [0.05, 0.1) is 0 Å². The van der Waals surface area contributed by atoms with Gasteiger partial charge in [-0.3, -0.25) is 19.4 Å². The van der Waals surface area contributed by atoms with Crippen LogP contribution in [-0.2, 0) is 21.7 Å². The van der Waals surface area contributed by atoms with Crippen molar-refractivity contribution in [1.29, 1.82) is 0 Å². The molecule has 4 rings (SSSR count). The number of rotatable bonds is 5. The minimum atomic E-state index is -1.15. The molecule has 1 unspecified atom stereocenters. The molecule has 2 aromatic carbocycles. The SMILES string of the molecule is Cc1ccccc1CN1CCCN(C(=O)CN2C(=O)NC(C)(c3ccccc3)C2=O)CC1. The first-order valence-corrected chi connectivity index (χ1v) is 11.1. The van der Waals surface area contributed by atoms with Crippen molar-refractivity contribution in [3.63, 3.8) is 0 Å². The van der Waals surface area contributed by atoms with Gasteiger partial charge in [-0.25, -0.2) is 4.79 Å². The van der Waals surface area contributed by atoms with Crippen LogP contribution in [0, 0.1) is 6.92 Å². The molecule has 0 aromatic heterocycles. The van der Waals surface area contributed by atoms with Gasteiger partial charge in [-0.1, -0.05) is 54.6 Å². The summed E-state index contributed by atoms with van der Waals surface area (Å²) in [5, 5.41) is 2.77. The monoisotopic (exact) mass is 434 g/mol. The van der Waals surface area contributed by atoms with Gasteiger partial charge >= 0.3 is 6.03 Å². The number of carbonyl (C=O) groups excluding carboxylic acids is 3. The van der Waals surface area contributed by atoms with Crippen LogP contribution in [0.15, 0.2) is 54.6 Å². The minimum absolute atomic E-state index is 0.191. The molecule has 2 aliphatic rings. The Morgan fingerprint density at radius 2 is 1.69 bits per heavy atom. The summed E-state index contributed by atoms with van der Waals surface area (Å²) in [5.41, 5.74) is 2.12. The molecule has 4 amide bonds. The first-order chi connectivity index (χ1) is 15.4. The standard InChI is InChI=1S/C25H30N4O3/c1-19-9-6-7-10-20(19)17-27-13-8-14-28(16-15-27)22(30)18-29-23(31)25(2,26-24(29)32)21-11-4-3-5-12-21/h3-7,9-12H,8,13-18H2,1-2H3,(H,26,32). The van der Waals surface area contributed by atoms with Crippen molar-refractivity contribution in [3.8, 4) is 0 Å². The fraction of sp³-hybridized carbons (Fsp3) is 0.400. The molecule has 2 aliphatic heterocycles. The predicted octanol–water partition coefficient (Wildman–Crippen LogP) is 2.50. The Kier molecular flexibility index (Phi) is 6.28. The topological polar surface area (TPSA) is 73.0 Å². The molecule has 7 heteroatoms. The van der Waals surface area contributed by atoms with Crippen LogP contribution < -0.4 is 5.32 Å². The highest BCUT2D eigenvalue weighted by atomic mass is 16.2. The molecular weight excluding hydrogens is 404 g/mol. The second-order valence-electron chi connectivity index (χ2n) is 8.75. The maximum Gasteiger partial charge on any atom is 0.325 e. The van der Waals surface area contributed by atoms with Crippen LogP contribution in [0.5, 0.6) is 0 Å². The smallest absolute Gasteiger partial charge is 0.325 e. The van der Waals surface area contributed by atoms with Crippen LogP contribution in [0.25, 0.3) is 0 Å². The lowest BCUT2D eigenvalue weighted by molar-refractivity contribution is -0.138. The van der Waals surface area contributed by atoms with Gasteiger partial charge < -0.3 is 10.2 Å². The van der Waals surface area contributed by atoms with E-state index in [1.165, 1.54) is 11.1 Å². The van der Waals surface area contributed by atoms with Crippen LogP contribution in [0.3, 0.4) is 0 Å². The summed E-state index contributed by atoms with van der Waals surface area (Å²) in [4.78, 5) is 43.8. The number of nitrogens with zero attached hydrogens (tertiary/aromatic N) is 3. The van der Waals surface area contributed by atoms with Gasteiger partial charge in [0.1, 0.15) is 12.1 Å². The van der Waals surface area contributed by atoms with Crippen molar-refractivity contribution in [2.75, 3.05) is 32.7 Å². The van der Waals surface area contributed by atoms with Crippen molar-refractivity contribution < 1.29 is 14.4 Å². The van der Waals surface area contributed by atoms with E-state index in [0.29, 0.717) is 18.7 Å². The summed E-state index contributed by atoms with van der Waals surface area (Å²) in [7, 11) is 0. The van der Waals surface area contributed by atoms with Crippen molar-refractivity contribution in [2.45, 2.75) is 32.4 Å². The third-order valence-corrected chi connectivity index (χ3v) is 6.52. The van der Waals surface area contributed by atoms with Crippen LogP contribution in [-0.4, -0.2) is 65.3 Å². The van der Waals surface area contributed by atoms with E-state index >= 15 is 0 Å². The van der Waals surface area contributed by atoms with Gasteiger partial charge in [0, 0.05) is 32.7 Å². The molecular formula is C25H30N4O3. The lowest BCUT2D eigenvalue weighted by atomic mass is 9.92. The third-order valence-electron chi connectivity index (χ3n) is 6.52. The van der Waals surface area contributed by atoms with Gasteiger partial charge in [-0.15, -0.1) is 0 Å². The quantitative estimate of drug-likeness (QED) is 0.734. The Balaban J connectivity index is 1.37. The molecule has 0 spiro atoms. The summed E-state index contributed by atoms with van der Waals surface area (Å²) in [6, 6.07) is 17.0. The average Bonchev–Trinajstić information content (AvgIpc) is 2.95. The van der Waals surface area contributed by atoms with Gasteiger partial charge in [0.2, 0.25) is 5.91 Å². The molecule has 1 N–H and O–H groups in total. The van der Waals surface area contributed by atoms with Gasteiger partial charge in [0.15, 0.2) is 0 Å². The molecule has 2 aromatic rings. The highest BCUT2D eigenvalue weighted by Crippen LogP contribution is 2.28. The number of aryl methyl sites for hydroxylation is 1. The fourth-order valence-electron chi connectivity index (χ4n) is 4.45. The molecule has 0 saturated carbocycles. The minimum Gasteiger partial charge on any atom is -0.340 e. The van der Waals surface area contributed by atoms with Crippen molar-refractivity contribution in [1.82, 2.24) is 20.0 Å². The molecule has 0 bridgehead atoms. The van der Waals surface area contributed by atoms with Crippen molar-refractivity contribution >= 4 is 17.8 Å². The maximum atomic E-state index is 13.1. The van der Waals surface area contributed by atoms with E-state index in [2.05, 4.69) is 35.3 Å². The zero-order valence-electron chi connectivity index (χ0n) is 18.7. The fourth-order valence-corrected chi connectivity index (χ4v) is 4.45. The van der Waals surface area contributed by atoms with Gasteiger partial charge in [-0.2, -0.15) is 0 Å². The summed E-state index contributed by atoms with van der Waals surface area (Å²) in [6.45, 7) is 7.32. The van der Waals surface area contributed by atoms with Gasteiger partial charge in [-0.05, 0) is 37.0 Å². The molecule has 2 heterocycles. The zero-order valence-corrected chi connectivity index (χ0v) is 18.7.